The van der Waals surface area contributed by atoms with Crippen molar-refractivity contribution in [2.45, 2.75) is 79.6 Å². The zero-order valence-electron chi connectivity index (χ0n) is 13.9. The Labute approximate surface area is 123 Å². The number of carbonyl (C=O) groups is 1. The largest absolute Gasteiger partial charge is 0.435 e. The van der Waals surface area contributed by atoms with Crippen molar-refractivity contribution in [3.8, 4) is 0 Å². The highest BCUT2D eigenvalue weighted by molar-refractivity contribution is 5.68. The van der Waals surface area contributed by atoms with Gasteiger partial charge in [-0.3, -0.25) is 4.79 Å². The van der Waals surface area contributed by atoms with Crippen molar-refractivity contribution in [3.63, 3.8) is 0 Å². The van der Waals surface area contributed by atoms with Gasteiger partial charge in [0.25, 0.3) is 0 Å². The SMILES string of the molecule is CCC(=O)OC(OC(C)C1=CC(C)(C)CCC1)C(C)C. The molecule has 20 heavy (non-hydrogen) atoms. The van der Waals surface area contributed by atoms with Crippen LogP contribution in [0, 0.1) is 11.3 Å². The van der Waals surface area contributed by atoms with Gasteiger partial charge in [-0.15, -0.1) is 0 Å². The standard InChI is InChI=1S/C17H30O3/c1-7-15(18)20-16(12(2)3)19-13(4)14-9-8-10-17(5,6)11-14/h11-13,16H,7-10H2,1-6H3. The first-order valence-electron chi connectivity index (χ1n) is 7.81. The average molecular weight is 282 g/mol. The van der Waals surface area contributed by atoms with E-state index in [1.165, 1.54) is 18.4 Å². The molecule has 1 aliphatic rings. The number of hydrogen-bond acceptors (Lipinski definition) is 3. The van der Waals surface area contributed by atoms with Crippen LogP contribution in [0.1, 0.15) is 67.2 Å². The maximum absolute atomic E-state index is 11.5. The van der Waals surface area contributed by atoms with E-state index in [2.05, 4.69) is 26.8 Å². The van der Waals surface area contributed by atoms with Gasteiger partial charge in [-0.1, -0.05) is 40.7 Å². The van der Waals surface area contributed by atoms with Crippen molar-refractivity contribution < 1.29 is 14.3 Å². The molecule has 116 valence electrons. The highest BCUT2D eigenvalue weighted by atomic mass is 16.7. The molecule has 1 aliphatic carbocycles. The summed E-state index contributed by atoms with van der Waals surface area (Å²) >= 11 is 0. The fraction of sp³-hybridized carbons (Fsp3) is 0.824. The molecule has 0 spiro atoms. The molecule has 0 saturated carbocycles. The van der Waals surface area contributed by atoms with Gasteiger partial charge in [0.05, 0.1) is 6.10 Å². The van der Waals surface area contributed by atoms with E-state index in [0.29, 0.717) is 6.42 Å². The lowest BCUT2D eigenvalue weighted by Crippen LogP contribution is -2.32. The topological polar surface area (TPSA) is 35.5 Å². The molecule has 0 aliphatic heterocycles. The molecule has 0 radical (unpaired) electrons. The molecule has 0 aromatic rings. The third-order valence-electron chi connectivity index (χ3n) is 3.80. The van der Waals surface area contributed by atoms with Gasteiger partial charge in [-0.2, -0.15) is 0 Å². The first kappa shape index (κ1) is 17.2. The summed E-state index contributed by atoms with van der Waals surface area (Å²) in [4.78, 5) is 11.5. The molecule has 0 saturated heterocycles. The molecular formula is C17H30O3. The molecule has 3 nitrogen and oxygen atoms in total. The number of ether oxygens (including phenoxy) is 2. The Kier molecular flexibility index (Phi) is 6.25. The van der Waals surface area contributed by atoms with Crippen LogP contribution in [-0.4, -0.2) is 18.4 Å². The van der Waals surface area contributed by atoms with Crippen molar-refractivity contribution in [3.05, 3.63) is 11.6 Å². The number of hydrogen-bond donors (Lipinski definition) is 0. The van der Waals surface area contributed by atoms with Gasteiger partial charge in [0.1, 0.15) is 0 Å². The minimum absolute atomic E-state index is 0.00614. The molecule has 0 fully saturated rings. The second-order valence-corrected chi connectivity index (χ2v) is 6.80. The molecule has 0 N–H and O–H groups in total. The van der Waals surface area contributed by atoms with Crippen LogP contribution < -0.4 is 0 Å². The summed E-state index contributed by atoms with van der Waals surface area (Å²) < 4.78 is 11.4. The van der Waals surface area contributed by atoms with E-state index in [4.69, 9.17) is 9.47 Å². The Bertz CT molecular complexity index is 355. The van der Waals surface area contributed by atoms with Crippen LogP contribution in [0.15, 0.2) is 11.6 Å². The zero-order valence-corrected chi connectivity index (χ0v) is 13.9. The maximum Gasteiger partial charge on any atom is 0.307 e. The highest BCUT2D eigenvalue weighted by Gasteiger charge is 2.27. The number of rotatable bonds is 6. The van der Waals surface area contributed by atoms with Crippen LogP contribution in [0.4, 0.5) is 0 Å². The molecule has 0 aromatic heterocycles. The molecule has 2 atom stereocenters. The zero-order chi connectivity index (χ0) is 15.3. The van der Waals surface area contributed by atoms with Gasteiger partial charge < -0.3 is 9.47 Å². The average Bonchev–Trinajstić information content (AvgIpc) is 2.36. The van der Waals surface area contributed by atoms with Crippen LogP contribution in [0.3, 0.4) is 0 Å². The van der Waals surface area contributed by atoms with E-state index >= 15 is 0 Å². The molecular weight excluding hydrogens is 252 g/mol. The molecule has 0 aromatic carbocycles. The van der Waals surface area contributed by atoms with Crippen molar-refractivity contribution in [2.75, 3.05) is 0 Å². The Balaban J connectivity index is 2.68. The molecule has 0 bridgehead atoms. The summed E-state index contributed by atoms with van der Waals surface area (Å²) in [6.07, 6.45) is 5.78. The minimum Gasteiger partial charge on any atom is -0.435 e. The second-order valence-electron chi connectivity index (χ2n) is 6.80. The number of carbonyl (C=O) groups excluding carboxylic acids is 1. The van der Waals surface area contributed by atoms with Gasteiger partial charge >= 0.3 is 5.97 Å². The summed E-state index contributed by atoms with van der Waals surface area (Å²) in [7, 11) is 0. The molecule has 3 heteroatoms. The minimum atomic E-state index is -0.455. The molecule has 2 unspecified atom stereocenters. The summed E-state index contributed by atoms with van der Waals surface area (Å²) in [5, 5.41) is 0. The lowest BCUT2D eigenvalue weighted by Gasteiger charge is -2.32. The van der Waals surface area contributed by atoms with Crippen molar-refractivity contribution in [2.24, 2.45) is 11.3 Å². The van der Waals surface area contributed by atoms with Crippen LogP contribution >= 0.6 is 0 Å². The van der Waals surface area contributed by atoms with Gasteiger partial charge in [0.15, 0.2) is 0 Å². The Hall–Kier alpha value is -0.830. The Morgan fingerprint density at radius 2 is 2.00 bits per heavy atom. The number of esters is 1. The van der Waals surface area contributed by atoms with E-state index in [1.807, 2.05) is 13.8 Å². The first-order chi connectivity index (χ1) is 9.25. The van der Waals surface area contributed by atoms with Crippen LogP contribution in [0.5, 0.6) is 0 Å². The maximum atomic E-state index is 11.5. The monoisotopic (exact) mass is 282 g/mol. The summed E-state index contributed by atoms with van der Waals surface area (Å²) in [5.74, 6) is -0.0426. The van der Waals surface area contributed by atoms with Gasteiger partial charge in [-0.25, -0.2) is 0 Å². The highest BCUT2D eigenvalue weighted by Crippen LogP contribution is 2.35. The van der Waals surface area contributed by atoms with Crippen molar-refractivity contribution in [1.29, 1.82) is 0 Å². The summed E-state index contributed by atoms with van der Waals surface area (Å²) in [6, 6.07) is 0. The van der Waals surface area contributed by atoms with Crippen molar-refractivity contribution in [1.82, 2.24) is 0 Å². The Morgan fingerprint density at radius 1 is 1.35 bits per heavy atom. The lowest BCUT2D eigenvalue weighted by atomic mass is 9.78. The van der Waals surface area contributed by atoms with Gasteiger partial charge in [-0.05, 0) is 37.2 Å². The fourth-order valence-corrected chi connectivity index (χ4v) is 2.54. The lowest BCUT2D eigenvalue weighted by molar-refractivity contribution is -0.196. The van der Waals surface area contributed by atoms with E-state index in [0.717, 1.165) is 6.42 Å². The first-order valence-corrected chi connectivity index (χ1v) is 7.81. The Morgan fingerprint density at radius 3 is 2.50 bits per heavy atom. The third kappa shape index (κ3) is 5.28. The fourth-order valence-electron chi connectivity index (χ4n) is 2.54. The van der Waals surface area contributed by atoms with E-state index in [1.54, 1.807) is 6.92 Å². The summed E-state index contributed by atoms with van der Waals surface area (Å²) in [6.45, 7) is 12.4. The molecule has 1 rings (SSSR count). The van der Waals surface area contributed by atoms with Crippen LogP contribution in [0.2, 0.25) is 0 Å². The predicted molar refractivity (Wildman–Crippen MR) is 81.3 cm³/mol. The quantitative estimate of drug-likeness (QED) is 0.410. The van der Waals surface area contributed by atoms with Crippen LogP contribution in [-0.2, 0) is 14.3 Å². The summed E-state index contributed by atoms with van der Waals surface area (Å²) in [5.41, 5.74) is 1.58. The van der Waals surface area contributed by atoms with Crippen LogP contribution in [0.25, 0.3) is 0 Å². The third-order valence-corrected chi connectivity index (χ3v) is 3.80. The van der Waals surface area contributed by atoms with Crippen molar-refractivity contribution >= 4 is 5.97 Å². The smallest absolute Gasteiger partial charge is 0.307 e. The number of allylic oxidation sites excluding steroid dienone is 1. The second kappa shape index (κ2) is 7.26. The molecule has 0 heterocycles. The molecule has 0 amide bonds. The van der Waals surface area contributed by atoms with E-state index < -0.39 is 6.29 Å². The normalized spacial score (nSPS) is 21.2. The van der Waals surface area contributed by atoms with Gasteiger partial charge in [0, 0.05) is 12.3 Å². The van der Waals surface area contributed by atoms with E-state index in [-0.39, 0.29) is 23.4 Å². The van der Waals surface area contributed by atoms with E-state index in [9.17, 15) is 4.79 Å². The predicted octanol–water partition coefficient (Wildman–Crippen LogP) is 4.46. The van der Waals surface area contributed by atoms with Gasteiger partial charge in [0.2, 0.25) is 6.29 Å².